The van der Waals surface area contributed by atoms with Gasteiger partial charge in [-0.2, -0.15) is 0 Å². The molecule has 1 heterocycles. The Morgan fingerprint density at radius 2 is 2.21 bits per heavy atom. The number of nitrogens with one attached hydrogen (secondary N) is 1. The van der Waals surface area contributed by atoms with Crippen LogP contribution in [0.25, 0.3) is 0 Å². The van der Waals surface area contributed by atoms with E-state index in [9.17, 15) is 0 Å². The van der Waals surface area contributed by atoms with E-state index in [1.807, 2.05) is 0 Å². The monoisotopic (exact) mass is 200 g/mol. The molecule has 0 aromatic carbocycles. The zero-order chi connectivity index (χ0) is 10.6. The van der Waals surface area contributed by atoms with Crippen LogP contribution < -0.4 is 5.32 Å². The highest BCUT2D eigenvalue weighted by molar-refractivity contribution is 4.86. The fourth-order valence-corrected chi connectivity index (χ4v) is 2.21. The zero-order valence-corrected chi connectivity index (χ0v) is 9.71. The molecule has 3 nitrogen and oxygen atoms in total. The van der Waals surface area contributed by atoms with Gasteiger partial charge in [0, 0.05) is 19.6 Å². The Labute approximate surface area is 87.5 Å². The van der Waals surface area contributed by atoms with Crippen LogP contribution >= 0.6 is 0 Å². The predicted octanol–water partition coefficient (Wildman–Crippen LogP) is 0.546. The molecule has 1 fully saturated rings. The van der Waals surface area contributed by atoms with Gasteiger partial charge in [0.15, 0.2) is 0 Å². The molecule has 1 rings (SSSR count). The fourth-order valence-electron chi connectivity index (χ4n) is 2.21. The van der Waals surface area contributed by atoms with E-state index in [-0.39, 0.29) is 6.61 Å². The number of likely N-dealkylation sites (tertiary alicyclic amines) is 1. The summed E-state index contributed by atoms with van der Waals surface area (Å²) >= 11 is 0. The number of nitrogens with zero attached hydrogens (tertiary/aromatic N) is 1. The van der Waals surface area contributed by atoms with E-state index in [1.54, 1.807) is 0 Å². The smallest absolute Gasteiger partial charge is 0.0555 e. The van der Waals surface area contributed by atoms with Crippen LogP contribution in [0.15, 0.2) is 0 Å². The molecule has 0 radical (unpaired) electrons. The van der Waals surface area contributed by atoms with E-state index in [2.05, 4.69) is 31.1 Å². The number of aliphatic hydroxyl groups is 1. The van der Waals surface area contributed by atoms with Crippen molar-refractivity contribution in [3.63, 3.8) is 0 Å². The first-order chi connectivity index (χ1) is 6.56. The second-order valence-corrected chi connectivity index (χ2v) is 5.14. The molecular formula is C11H24N2O. The standard InChI is InChI=1S/C11H24N2O/c1-11(2,9-12-5-7-14)10-4-6-13(3)8-10/h10,12,14H,4-9H2,1-3H3. The van der Waals surface area contributed by atoms with Crippen molar-refractivity contribution in [3.8, 4) is 0 Å². The molecule has 0 amide bonds. The van der Waals surface area contributed by atoms with Crippen LogP contribution in [0, 0.1) is 11.3 Å². The summed E-state index contributed by atoms with van der Waals surface area (Å²) < 4.78 is 0. The van der Waals surface area contributed by atoms with E-state index in [4.69, 9.17) is 5.11 Å². The summed E-state index contributed by atoms with van der Waals surface area (Å²) in [5, 5.41) is 12.0. The Kier molecular flexibility index (Phi) is 4.35. The highest BCUT2D eigenvalue weighted by atomic mass is 16.3. The van der Waals surface area contributed by atoms with E-state index < -0.39 is 0 Å². The van der Waals surface area contributed by atoms with E-state index in [0.29, 0.717) is 12.0 Å². The lowest BCUT2D eigenvalue weighted by atomic mass is 9.78. The average molecular weight is 200 g/mol. The summed E-state index contributed by atoms with van der Waals surface area (Å²) in [7, 11) is 2.19. The molecule has 0 aromatic heterocycles. The lowest BCUT2D eigenvalue weighted by Gasteiger charge is -2.31. The molecule has 14 heavy (non-hydrogen) atoms. The molecule has 1 aliphatic rings. The minimum atomic E-state index is 0.237. The topological polar surface area (TPSA) is 35.5 Å². The molecular weight excluding hydrogens is 176 g/mol. The molecule has 0 aliphatic carbocycles. The third kappa shape index (κ3) is 3.23. The minimum Gasteiger partial charge on any atom is -0.395 e. The molecule has 1 saturated heterocycles. The lowest BCUT2D eigenvalue weighted by molar-refractivity contribution is 0.198. The van der Waals surface area contributed by atoms with Crippen molar-refractivity contribution in [2.24, 2.45) is 11.3 Å². The van der Waals surface area contributed by atoms with Gasteiger partial charge in [0.25, 0.3) is 0 Å². The van der Waals surface area contributed by atoms with Crippen LogP contribution in [0.4, 0.5) is 0 Å². The van der Waals surface area contributed by atoms with Crippen molar-refractivity contribution in [1.29, 1.82) is 0 Å². The summed E-state index contributed by atoms with van der Waals surface area (Å²) in [5.74, 6) is 0.790. The number of hydrogen-bond donors (Lipinski definition) is 2. The summed E-state index contributed by atoms with van der Waals surface area (Å²) in [6.07, 6.45) is 1.31. The van der Waals surface area contributed by atoms with Gasteiger partial charge in [0.05, 0.1) is 6.61 Å². The summed E-state index contributed by atoms with van der Waals surface area (Å²) in [4.78, 5) is 2.40. The Morgan fingerprint density at radius 3 is 2.71 bits per heavy atom. The normalized spacial score (nSPS) is 24.4. The van der Waals surface area contributed by atoms with Gasteiger partial charge in [-0.1, -0.05) is 13.8 Å². The first-order valence-electron chi connectivity index (χ1n) is 5.56. The number of rotatable bonds is 5. The Balaban J connectivity index is 2.32. The van der Waals surface area contributed by atoms with Crippen LogP contribution in [-0.4, -0.2) is 49.8 Å². The molecule has 3 heteroatoms. The minimum absolute atomic E-state index is 0.237. The first-order valence-corrected chi connectivity index (χ1v) is 5.56. The van der Waals surface area contributed by atoms with E-state index in [0.717, 1.165) is 12.5 Å². The van der Waals surface area contributed by atoms with Crippen LogP contribution in [0.2, 0.25) is 0 Å². The van der Waals surface area contributed by atoms with Crippen LogP contribution in [0.1, 0.15) is 20.3 Å². The second kappa shape index (κ2) is 5.10. The maximum absolute atomic E-state index is 8.70. The average Bonchev–Trinajstić information content (AvgIpc) is 2.53. The van der Waals surface area contributed by atoms with Gasteiger partial charge in [0.1, 0.15) is 0 Å². The number of aliphatic hydroxyl groups excluding tert-OH is 1. The SMILES string of the molecule is CN1CCC(C(C)(C)CNCCO)C1. The quantitative estimate of drug-likeness (QED) is 0.636. The van der Waals surface area contributed by atoms with Crippen molar-refractivity contribution < 1.29 is 5.11 Å². The third-order valence-electron chi connectivity index (χ3n) is 3.37. The van der Waals surface area contributed by atoms with Gasteiger partial charge in [-0.3, -0.25) is 0 Å². The Hall–Kier alpha value is -0.120. The summed E-state index contributed by atoms with van der Waals surface area (Å²) in [6.45, 7) is 9.04. The highest BCUT2D eigenvalue weighted by Crippen LogP contribution is 2.32. The van der Waals surface area contributed by atoms with Gasteiger partial charge in [-0.15, -0.1) is 0 Å². The molecule has 84 valence electrons. The molecule has 2 N–H and O–H groups in total. The molecule has 1 aliphatic heterocycles. The summed E-state index contributed by atoms with van der Waals surface area (Å²) in [5.41, 5.74) is 0.347. The Morgan fingerprint density at radius 1 is 1.50 bits per heavy atom. The van der Waals surface area contributed by atoms with Crippen molar-refractivity contribution >= 4 is 0 Å². The second-order valence-electron chi connectivity index (χ2n) is 5.14. The van der Waals surface area contributed by atoms with Gasteiger partial charge < -0.3 is 15.3 Å². The fraction of sp³-hybridized carbons (Fsp3) is 1.00. The molecule has 1 unspecified atom stereocenters. The number of hydrogen-bond acceptors (Lipinski definition) is 3. The van der Waals surface area contributed by atoms with Crippen LogP contribution in [0.3, 0.4) is 0 Å². The molecule has 0 saturated carbocycles. The van der Waals surface area contributed by atoms with Gasteiger partial charge in [0.2, 0.25) is 0 Å². The predicted molar refractivity (Wildman–Crippen MR) is 59.3 cm³/mol. The van der Waals surface area contributed by atoms with Crippen molar-refractivity contribution in [3.05, 3.63) is 0 Å². The first kappa shape index (κ1) is 12.0. The molecule has 0 aromatic rings. The maximum Gasteiger partial charge on any atom is 0.0555 e. The van der Waals surface area contributed by atoms with Gasteiger partial charge in [-0.05, 0) is 31.3 Å². The zero-order valence-electron chi connectivity index (χ0n) is 9.71. The molecule has 0 spiro atoms. The summed E-state index contributed by atoms with van der Waals surface area (Å²) in [6, 6.07) is 0. The van der Waals surface area contributed by atoms with Gasteiger partial charge in [-0.25, -0.2) is 0 Å². The van der Waals surface area contributed by atoms with Crippen LogP contribution in [0.5, 0.6) is 0 Å². The van der Waals surface area contributed by atoms with Crippen molar-refractivity contribution in [2.75, 3.05) is 39.8 Å². The Bertz CT molecular complexity index is 171. The largest absolute Gasteiger partial charge is 0.395 e. The lowest BCUT2D eigenvalue weighted by Crippen LogP contribution is -2.37. The third-order valence-corrected chi connectivity index (χ3v) is 3.37. The molecule has 1 atom stereocenters. The maximum atomic E-state index is 8.70. The van der Waals surface area contributed by atoms with Crippen molar-refractivity contribution in [1.82, 2.24) is 10.2 Å². The molecule has 0 bridgehead atoms. The van der Waals surface area contributed by atoms with Crippen molar-refractivity contribution in [2.45, 2.75) is 20.3 Å². The van der Waals surface area contributed by atoms with Crippen LogP contribution in [-0.2, 0) is 0 Å². The van der Waals surface area contributed by atoms with E-state index in [1.165, 1.54) is 19.5 Å². The van der Waals surface area contributed by atoms with Gasteiger partial charge >= 0.3 is 0 Å². The highest BCUT2D eigenvalue weighted by Gasteiger charge is 2.33. The van der Waals surface area contributed by atoms with E-state index >= 15 is 0 Å².